The van der Waals surface area contributed by atoms with Crippen LogP contribution in [-0.2, 0) is 11.3 Å². The molecule has 1 heterocycles. The Labute approximate surface area is 186 Å². The summed E-state index contributed by atoms with van der Waals surface area (Å²) in [5, 5.41) is 0.375. The van der Waals surface area contributed by atoms with E-state index >= 15 is 0 Å². The van der Waals surface area contributed by atoms with Gasteiger partial charge in [0.1, 0.15) is 30.0 Å². The van der Waals surface area contributed by atoms with E-state index in [9.17, 15) is 9.59 Å². The van der Waals surface area contributed by atoms with E-state index in [1.165, 1.54) is 13.4 Å². The molecule has 1 aromatic heterocycles. The highest BCUT2D eigenvalue weighted by Crippen LogP contribution is 2.25. The third-order valence-corrected chi connectivity index (χ3v) is 5.07. The van der Waals surface area contributed by atoms with Gasteiger partial charge in [-0.2, -0.15) is 0 Å². The molecule has 4 rings (SSSR count). The molecule has 0 aliphatic heterocycles. The summed E-state index contributed by atoms with van der Waals surface area (Å²) in [5.41, 5.74) is 1.49. The van der Waals surface area contributed by atoms with Crippen LogP contribution in [0.2, 0.25) is 0 Å². The smallest absolute Gasteiger partial charge is 0.337 e. The average Bonchev–Trinajstić information content (AvgIpc) is 2.80. The molecule has 0 aliphatic carbocycles. The molecule has 156 valence electrons. The lowest BCUT2D eigenvalue weighted by Crippen LogP contribution is -2.05. The van der Waals surface area contributed by atoms with Crippen molar-refractivity contribution in [3.63, 3.8) is 0 Å². The maximum Gasteiger partial charge on any atom is 0.337 e. The number of carbonyl (C=O) groups excluding carboxylic acids is 1. The van der Waals surface area contributed by atoms with Crippen LogP contribution in [0.3, 0.4) is 0 Å². The predicted octanol–water partition coefficient (Wildman–Crippen LogP) is 5.71. The normalized spacial score (nSPS) is 10.6. The van der Waals surface area contributed by atoms with Crippen molar-refractivity contribution in [2.45, 2.75) is 6.61 Å². The minimum Gasteiger partial charge on any atom is -0.489 e. The molecule has 0 fully saturated rings. The monoisotopic (exact) mass is 480 g/mol. The van der Waals surface area contributed by atoms with E-state index in [1.807, 2.05) is 24.3 Å². The van der Waals surface area contributed by atoms with E-state index in [2.05, 4.69) is 20.7 Å². The molecule has 0 aliphatic rings. The van der Waals surface area contributed by atoms with Crippen LogP contribution < -0.4 is 14.9 Å². The quantitative estimate of drug-likeness (QED) is 0.329. The van der Waals surface area contributed by atoms with Gasteiger partial charge in [0, 0.05) is 10.5 Å². The van der Waals surface area contributed by atoms with Gasteiger partial charge in [-0.3, -0.25) is 4.79 Å². The number of hydrogen-bond donors (Lipinski definition) is 0. The Kier molecular flexibility index (Phi) is 6.04. The minimum atomic E-state index is -0.449. The first-order valence-corrected chi connectivity index (χ1v) is 10.1. The van der Waals surface area contributed by atoms with Gasteiger partial charge in [0.05, 0.1) is 18.1 Å². The number of hydrogen-bond acceptors (Lipinski definition) is 6. The standard InChI is InChI=1S/C24H17BrO6/c1-28-24(27)16-4-8-18(9-5-16)31-22-14-30-21-12-19(10-11-20(21)23(22)26)29-13-15-2-6-17(25)7-3-15/h2-12,14H,13H2,1H3. The molecule has 7 heteroatoms. The summed E-state index contributed by atoms with van der Waals surface area (Å²) in [4.78, 5) is 24.3. The molecule has 4 aromatic rings. The molecular formula is C24H17BrO6. The lowest BCUT2D eigenvalue weighted by molar-refractivity contribution is 0.0600. The Hall–Kier alpha value is -3.58. The number of carbonyl (C=O) groups is 1. The Balaban J connectivity index is 1.51. The first-order chi connectivity index (χ1) is 15.0. The van der Waals surface area contributed by atoms with Gasteiger partial charge in [-0.1, -0.05) is 28.1 Å². The molecule has 0 N–H and O–H groups in total. The maximum atomic E-state index is 12.8. The largest absolute Gasteiger partial charge is 0.489 e. The zero-order valence-electron chi connectivity index (χ0n) is 16.5. The molecular weight excluding hydrogens is 464 g/mol. The first-order valence-electron chi connectivity index (χ1n) is 9.32. The number of rotatable bonds is 6. The highest BCUT2D eigenvalue weighted by molar-refractivity contribution is 9.10. The summed E-state index contributed by atoms with van der Waals surface area (Å²) >= 11 is 3.40. The van der Waals surface area contributed by atoms with Gasteiger partial charge in [-0.15, -0.1) is 0 Å². The lowest BCUT2D eigenvalue weighted by atomic mass is 10.2. The molecule has 31 heavy (non-hydrogen) atoms. The summed E-state index contributed by atoms with van der Waals surface area (Å²) in [7, 11) is 1.31. The zero-order valence-corrected chi connectivity index (χ0v) is 18.0. The van der Waals surface area contributed by atoms with Crippen LogP contribution >= 0.6 is 15.9 Å². The van der Waals surface area contributed by atoms with E-state index in [1.54, 1.807) is 42.5 Å². The van der Waals surface area contributed by atoms with Crippen molar-refractivity contribution < 1.29 is 23.4 Å². The van der Waals surface area contributed by atoms with E-state index in [0.717, 1.165) is 10.0 Å². The number of esters is 1. The third kappa shape index (κ3) is 4.78. The van der Waals surface area contributed by atoms with Gasteiger partial charge in [-0.05, 0) is 54.1 Å². The van der Waals surface area contributed by atoms with Gasteiger partial charge in [0.2, 0.25) is 11.2 Å². The summed E-state index contributed by atoms with van der Waals surface area (Å²) in [6.45, 7) is 0.395. The van der Waals surface area contributed by atoms with Gasteiger partial charge in [-0.25, -0.2) is 4.79 Å². The highest BCUT2D eigenvalue weighted by Gasteiger charge is 2.11. The van der Waals surface area contributed by atoms with Gasteiger partial charge < -0.3 is 18.6 Å². The fourth-order valence-corrected chi connectivity index (χ4v) is 3.17. The number of fused-ring (bicyclic) bond motifs is 1. The van der Waals surface area contributed by atoms with Crippen molar-refractivity contribution in [2.75, 3.05) is 7.11 Å². The lowest BCUT2D eigenvalue weighted by Gasteiger charge is -2.09. The van der Waals surface area contributed by atoms with Crippen LogP contribution in [0, 0.1) is 0 Å². The second-order valence-electron chi connectivity index (χ2n) is 6.62. The minimum absolute atomic E-state index is 0.0434. The molecule has 0 saturated carbocycles. The average molecular weight is 481 g/mol. The molecule has 0 radical (unpaired) electrons. The van der Waals surface area contributed by atoms with Crippen LogP contribution in [0.4, 0.5) is 0 Å². The molecule has 0 saturated heterocycles. The van der Waals surface area contributed by atoms with E-state index in [-0.39, 0.29) is 11.2 Å². The molecule has 0 atom stereocenters. The Bertz CT molecular complexity index is 1280. The van der Waals surface area contributed by atoms with Crippen molar-refractivity contribution in [1.82, 2.24) is 0 Å². The van der Waals surface area contributed by atoms with Gasteiger partial charge in [0.25, 0.3) is 0 Å². The third-order valence-electron chi connectivity index (χ3n) is 4.54. The second-order valence-corrected chi connectivity index (χ2v) is 7.54. The number of ether oxygens (including phenoxy) is 3. The van der Waals surface area contributed by atoms with Gasteiger partial charge in [0.15, 0.2) is 0 Å². The SMILES string of the molecule is COC(=O)c1ccc(Oc2coc3cc(OCc4ccc(Br)cc4)ccc3c2=O)cc1. The topological polar surface area (TPSA) is 75.0 Å². The molecule has 0 bridgehead atoms. The molecule has 0 unspecified atom stereocenters. The van der Waals surface area contributed by atoms with Crippen LogP contribution in [0.25, 0.3) is 11.0 Å². The van der Waals surface area contributed by atoms with Crippen molar-refractivity contribution in [2.24, 2.45) is 0 Å². The second kappa shape index (κ2) is 9.06. The Morgan fingerprint density at radius 2 is 1.68 bits per heavy atom. The van der Waals surface area contributed by atoms with Crippen molar-refractivity contribution in [3.8, 4) is 17.2 Å². The van der Waals surface area contributed by atoms with E-state index < -0.39 is 5.97 Å². The molecule has 3 aromatic carbocycles. The summed E-state index contributed by atoms with van der Waals surface area (Å²) in [5.74, 6) is 0.580. The molecule has 0 spiro atoms. The molecule has 0 amide bonds. The zero-order chi connectivity index (χ0) is 21.8. The summed E-state index contributed by atoms with van der Waals surface area (Å²) in [6.07, 6.45) is 1.26. The van der Waals surface area contributed by atoms with Crippen LogP contribution in [0.5, 0.6) is 17.2 Å². The summed E-state index contributed by atoms with van der Waals surface area (Å²) in [6, 6.07) is 19.1. The Morgan fingerprint density at radius 3 is 2.39 bits per heavy atom. The predicted molar refractivity (Wildman–Crippen MR) is 119 cm³/mol. The number of benzene rings is 3. The number of methoxy groups -OCH3 is 1. The first kappa shape index (κ1) is 20.7. The van der Waals surface area contributed by atoms with Crippen molar-refractivity contribution in [1.29, 1.82) is 0 Å². The van der Waals surface area contributed by atoms with Crippen LogP contribution in [0.15, 0.2) is 86.7 Å². The van der Waals surface area contributed by atoms with Crippen LogP contribution in [-0.4, -0.2) is 13.1 Å². The van der Waals surface area contributed by atoms with Crippen molar-refractivity contribution >= 4 is 32.9 Å². The van der Waals surface area contributed by atoms with Crippen molar-refractivity contribution in [3.05, 3.63) is 98.8 Å². The van der Waals surface area contributed by atoms with E-state index in [4.69, 9.17) is 13.9 Å². The fourth-order valence-electron chi connectivity index (χ4n) is 2.90. The number of halogens is 1. The molecule has 6 nitrogen and oxygen atoms in total. The maximum absolute atomic E-state index is 12.8. The fraction of sp³-hybridized carbons (Fsp3) is 0.0833. The summed E-state index contributed by atoms with van der Waals surface area (Å²) < 4.78 is 22.7. The van der Waals surface area contributed by atoms with E-state index in [0.29, 0.717) is 34.6 Å². The van der Waals surface area contributed by atoms with Gasteiger partial charge >= 0.3 is 5.97 Å². The Morgan fingerprint density at radius 1 is 0.968 bits per heavy atom. The highest BCUT2D eigenvalue weighted by atomic mass is 79.9. The van der Waals surface area contributed by atoms with Crippen LogP contribution in [0.1, 0.15) is 15.9 Å².